The van der Waals surface area contributed by atoms with Crippen LogP contribution in [0.1, 0.15) is 33.2 Å². The van der Waals surface area contributed by atoms with E-state index in [0.717, 1.165) is 17.7 Å². The van der Waals surface area contributed by atoms with Crippen molar-refractivity contribution in [2.75, 3.05) is 5.32 Å². The van der Waals surface area contributed by atoms with Gasteiger partial charge in [-0.2, -0.15) is 10.2 Å². The minimum absolute atomic E-state index is 0.0769. The van der Waals surface area contributed by atoms with Crippen LogP contribution >= 0.6 is 11.6 Å². The number of hydrogen-bond donors (Lipinski definition) is 1. The number of anilines is 1. The molecule has 1 N–H and O–H groups in total. The van der Waals surface area contributed by atoms with Crippen molar-refractivity contribution in [1.29, 1.82) is 0 Å². The van der Waals surface area contributed by atoms with E-state index in [0.29, 0.717) is 0 Å². The Morgan fingerprint density at radius 3 is 2.36 bits per heavy atom. The molecule has 0 fully saturated rings. The van der Waals surface area contributed by atoms with Crippen LogP contribution in [0.25, 0.3) is 0 Å². The van der Waals surface area contributed by atoms with E-state index in [-0.39, 0.29) is 27.6 Å². The molecule has 0 aliphatic heterocycles. The summed E-state index contributed by atoms with van der Waals surface area (Å²) in [5, 5.41) is 10.2. The number of rotatable bonds is 3. The number of hydrogen-bond acceptors (Lipinski definition) is 5. The quantitative estimate of drug-likeness (QED) is 0.943. The van der Waals surface area contributed by atoms with Gasteiger partial charge < -0.3 is 5.32 Å². The van der Waals surface area contributed by atoms with Gasteiger partial charge in [-0.15, -0.1) is 0 Å². The Labute approximate surface area is 132 Å². The van der Waals surface area contributed by atoms with Crippen LogP contribution in [0.5, 0.6) is 0 Å². The Morgan fingerprint density at radius 2 is 1.68 bits per heavy atom. The largest absolute Gasteiger partial charge is 0.351 e. The number of Topliss-reactive ketones (excluding diaryl/α,β-unsaturated/α-hetero) is 2. The maximum Gasteiger partial charge on any atom is 0.213 e. The van der Waals surface area contributed by atoms with Gasteiger partial charge >= 0.3 is 0 Å². The van der Waals surface area contributed by atoms with Crippen molar-refractivity contribution in [2.24, 2.45) is 0 Å². The van der Waals surface area contributed by atoms with E-state index in [1.165, 1.54) is 12.4 Å². The highest BCUT2D eigenvalue weighted by Crippen LogP contribution is 2.29. The fourth-order valence-corrected chi connectivity index (χ4v) is 2.58. The van der Waals surface area contributed by atoms with Crippen LogP contribution in [0.2, 0.25) is 0 Å². The second-order valence-electron chi connectivity index (χ2n) is 4.80. The maximum atomic E-state index is 12.6. The number of allylic oxidation sites excluding steroid dienone is 2. The summed E-state index contributed by atoms with van der Waals surface area (Å²) in [6.07, 6.45) is 3.33. The van der Waals surface area contributed by atoms with Gasteiger partial charge in [0.1, 0.15) is 10.7 Å². The summed E-state index contributed by atoms with van der Waals surface area (Å²) in [6, 6.07) is 7.56. The SMILES string of the molecule is CCc1ccccc1NC1=C(Cl)C(=O)c2cnncc2C1=O. The summed E-state index contributed by atoms with van der Waals surface area (Å²) < 4.78 is 0. The van der Waals surface area contributed by atoms with Crippen molar-refractivity contribution in [3.8, 4) is 0 Å². The number of carbonyl (C=O) groups is 2. The zero-order chi connectivity index (χ0) is 15.7. The molecule has 3 rings (SSSR count). The Balaban J connectivity index is 2.06. The van der Waals surface area contributed by atoms with Gasteiger partial charge in [0, 0.05) is 5.69 Å². The van der Waals surface area contributed by atoms with Crippen molar-refractivity contribution in [3.05, 3.63) is 64.1 Å². The monoisotopic (exact) mass is 313 g/mol. The Morgan fingerprint density at radius 1 is 1.05 bits per heavy atom. The third kappa shape index (κ3) is 2.29. The van der Waals surface area contributed by atoms with Crippen LogP contribution in [0.15, 0.2) is 47.4 Å². The smallest absolute Gasteiger partial charge is 0.213 e. The lowest BCUT2D eigenvalue weighted by Gasteiger charge is -2.19. The molecular formula is C16H12ClN3O2. The number of aryl methyl sites for hydroxylation is 1. The number of aromatic nitrogens is 2. The van der Waals surface area contributed by atoms with Crippen LogP contribution < -0.4 is 5.32 Å². The van der Waals surface area contributed by atoms with Crippen LogP contribution in [-0.2, 0) is 6.42 Å². The van der Waals surface area contributed by atoms with Gasteiger partial charge in [0.2, 0.25) is 11.6 Å². The molecule has 1 aliphatic carbocycles. The standard InChI is InChI=1S/C16H12ClN3O2/c1-2-9-5-3-4-6-12(9)20-14-13(17)15(21)10-7-18-19-8-11(10)16(14)22/h3-8,20H,2H2,1H3. The summed E-state index contributed by atoms with van der Waals surface area (Å²) in [4.78, 5) is 24.8. The van der Waals surface area contributed by atoms with Crippen LogP contribution in [-0.4, -0.2) is 21.8 Å². The summed E-state index contributed by atoms with van der Waals surface area (Å²) in [7, 11) is 0. The fraction of sp³-hybridized carbons (Fsp3) is 0.125. The van der Waals surface area contributed by atoms with Crippen molar-refractivity contribution in [3.63, 3.8) is 0 Å². The molecule has 6 heteroatoms. The molecule has 0 saturated heterocycles. The molecule has 0 radical (unpaired) electrons. The van der Waals surface area contributed by atoms with Gasteiger partial charge in [-0.3, -0.25) is 9.59 Å². The second-order valence-corrected chi connectivity index (χ2v) is 5.18. The number of nitrogens with one attached hydrogen (secondary N) is 1. The number of benzene rings is 1. The molecule has 1 heterocycles. The topological polar surface area (TPSA) is 72.0 Å². The second kappa shape index (κ2) is 5.69. The van der Waals surface area contributed by atoms with Gasteiger partial charge in [-0.05, 0) is 18.1 Å². The molecule has 1 aromatic carbocycles. The number of carbonyl (C=O) groups excluding carboxylic acids is 2. The molecule has 2 aromatic rings. The minimum Gasteiger partial charge on any atom is -0.351 e. The van der Waals surface area contributed by atoms with E-state index >= 15 is 0 Å². The van der Waals surface area contributed by atoms with Crippen molar-refractivity contribution < 1.29 is 9.59 Å². The average Bonchev–Trinajstić information content (AvgIpc) is 2.57. The van der Waals surface area contributed by atoms with Crippen LogP contribution in [0.3, 0.4) is 0 Å². The Hall–Kier alpha value is -2.53. The molecule has 0 bridgehead atoms. The molecule has 0 atom stereocenters. The Kier molecular flexibility index (Phi) is 3.73. The fourth-order valence-electron chi connectivity index (χ4n) is 2.35. The molecule has 110 valence electrons. The number of halogens is 1. The van der Waals surface area contributed by atoms with E-state index < -0.39 is 5.78 Å². The first-order valence-corrected chi connectivity index (χ1v) is 7.16. The summed E-state index contributed by atoms with van der Waals surface area (Å²) in [5.41, 5.74) is 2.25. The van der Waals surface area contributed by atoms with Gasteiger partial charge in [-0.1, -0.05) is 36.7 Å². The highest BCUT2D eigenvalue weighted by Gasteiger charge is 2.32. The number of ketones is 2. The number of para-hydroxylation sites is 1. The lowest BCUT2D eigenvalue weighted by atomic mass is 9.95. The van der Waals surface area contributed by atoms with Gasteiger partial charge in [0.25, 0.3) is 0 Å². The maximum absolute atomic E-state index is 12.6. The highest BCUT2D eigenvalue weighted by molar-refractivity contribution is 6.50. The van der Waals surface area contributed by atoms with E-state index in [1.54, 1.807) is 0 Å². The summed E-state index contributed by atoms with van der Waals surface area (Å²) >= 11 is 6.10. The lowest BCUT2D eigenvalue weighted by Crippen LogP contribution is -2.25. The molecular weight excluding hydrogens is 302 g/mol. The highest BCUT2D eigenvalue weighted by atomic mass is 35.5. The van der Waals surface area contributed by atoms with Crippen LogP contribution in [0.4, 0.5) is 5.69 Å². The number of fused-ring (bicyclic) bond motifs is 1. The molecule has 0 unspecified atom stereocenters. The average molecular weight is 314 g/mol. The predicted molar refractivity (Wildman–Crippen MR) is 83.0 cm³/mol. The lowest BCUT2D eigenvalue weighted by molar-refractivity contribution is 0.0981. The van der Waals surface area contributed by atoms with Crippen molar-refractivity contribution in [1.82, 2.24) is 10.2 Å². The summed E-state index contributed by atoms with van der Waals surface area (Å²) in [6.45, 7) is 2.01. The third-order valence-electron chi connectivity index (χ3n) is 3.52. The first-order chi connectivity index (χ1) is 10.6. The van der Waals surface area contributed by atoms with E-state index in [4.69, 9.17) is 11.6 Å². The molecule has 1 aromatic heterocycles. The molecule has 0 amide bonds. The zero-order valence-corrected chi connectivity index (χ0v) is 12.5. The molecule has 0 saturated carbocycles. The van der Waals surface area contributed by atoms with E-state index in [9.17, 15) is 9.59 Å². The summed E-state index contributed by atoms with van der Waals surface area (Å²) in [5.74, 6) is -0.789. The van der Waals surface area contributed by atoms with E-state index in [2.05, 4.69) is 15.5 Å². The molecule has 5 nitrogen and oxygen atoms in total. The predicted octanol–water partition coefficient (Wildman–Crippen LogP) is 2.98. The van der Waals surface area contributed by atoms with E-state index in [1.807, 2.05) is 31.2 Å². The minimum atomic E-state index is -0.428. The van der Waals surface area contributed by atoms with Gasteiger partial charge in [0.05, 0.1) is 23.5 Å². The zero-order valence-electron chi connectivity index (χ0n) is 11.8. The molecule has 1 aliphatic rings. The molecule has 0 spiro atoms. The molecule has 22 heavy (non-hydrogen) atoms. The van der Waals surface area contributed by atoms with Crippen LogP contribution in [0, 0.1) is 0 Å². The first-order valence-electron chi connectivity index (χ1n) is 6.78. The van der Waals surface area contributed by atoms with Crippen molar-refractivity contribution >= 4 is 28.9 Å². The van der Waals surface area contributed by atoms with Gasteiger partial charge in [0.15, 0.2) is 0 Å². The first kappa shape index (κ1) is 14.4. The van der Waals surface area contributed by atoms with Gasteiger partial charge in [-0.25, -0.2) is 0 Å². The Bertz CT molecular complexity index is 815. The van der Waals surface area contributed by atoms with Crippen molar-refractivity contribution in [2.45, 2.75) is 13.3 Å². The number of nitrogens with zero attached hydrogens (tertiary/aromatic N) is 2. The normalized spacial score (nSPS) is 14.1. The third-order valence-corrected chi connectivity index (χ3v) is 3.88.